The zero-order valence-electron chi connectivity index (χ0n) is 19.2. The van der Waals surface area contributed by atoms with Crippen molar-refractivity contribution in [1.29, 1.82) is 0 Å². The minimum atomic E-state index is -4.38. The molecule has 0 aliphatic rings. The van der Waals surface area contributed by atoms with Crippen molar-refractivity contribution in [3.05, 3.63) is 12.2 Å². The first-order chi connectivity index (χ1) is 14.8. The van der Waals surface area contributed by atoms with Gasteiger partial charge in [-0.2, -0.15) is 0 Å². The lowest BCUT2D eigenvalue weighted by Crippen LogP contribution is -2.21. The first kappa shape index (κ1) is 30.2. The highest BCUT2D eigenvalue weighted by atomic mass is 31.2. The molecule has 0 heterocycles. The third-order valence-corrected chi connectivity index (χ3v) is 5.54. The van der Waals surface area contributed by atoms with E-state index in [1.807, 2.05) is 0 Å². The van der Waals surface area contributed by atoms with Gasteiger partial charge >= 0.3 is 13.8 Å². The normalized spacial score (nSPS) is 15.6. The second-order valence-corrected chi connectivity index (χ2v) is 9.28. The molecule has 1 unspecified atom stereocenters. The number of carbonyl (C=O) groups excluding carboxylic acids is 1. The van der Waals surface area contributed by atoms with E-state index in [9.17, 15) is 14.3 Å². The molecule has 31 heavy (non-hydrogen) atoms. The van der Waals surface area contributed by atoms with Gasteiger partial charge in [-0.1, -0.05) is 57.6 Å². The van der Waals surface area contributed by atoms with Gasteiger partial charge in [0.25, 0.3) is 0 Å². The second-order valence-electron chi connectivity index (χ2n) is 7.82. The summed E-state index contributed by atoms with van der Waals surface area (Å²) in [4.78, 5) is 21.3. The molecule has 0 fully saturated rings. The summed E-state index contributed by atoms with van der Waals surface area (Å²) in [5.74, 6) is -0.369. The SMILES string of the molecule is CCCCCC/C=C/CCCCCCCC(=O)O[C@H](C)COP(=O)(O)OC[C@@H](O)CO. The van der Waals surface area contributed by atoms with Crippen molar-refractivity contribution in [3.63, 3.8) is 0 Å². The summed E-state index contributed by atoms with van der Waals surface area (Å²) in [6, 6.07) is 0. The van der Waals surface area contributed by atoms with Crippen molar-refractivity contribution < 1.29 is 38.3 Å². The Balaban J connectivity index is 3.64. The Morgan fingerprint density at radius 1 is 0.935 bits per heavy atom. The van der Waals surface area contributed by atoms with Gasteiger partial charge in [0.05, 0.1) is 19.8 Å². The molecule has 0 saturated carbocycles. The van der Waals surface area contributed by atoms with E-state index in [0.29, 0.717) is 6.42 Å². The summed E-state index contributed by atoms with van der Waals surface area (Å²) < 4.78 is 26.0. The van der Waals surface area contributed by atoms with Crippen LogP contribution < -0.4 is 0 Å². The molecule has 0 amide bonds. The Kier molecular flexibility index (Phi) is 19.4. The number of rotatable bonds is 21. The number of unbranched alkanes of at least 4 members (excludes halogenated alkanes) is 9. The minimum absolute atomic E-state index is 0.304. The van der Waals surface area contributed by atoms with Gasteiger partial charge in [-0.05, 0) is 39.0 Å². The molecule has 0 aromatic heterocycles. The molecule has 9 heteroatoms. The average Bonchev–Trinajstić information content (AvgIpc) is 2.74. The van der Waals surface area contributed by atoms with Gasteiger partial charge in [0, 0.05) is 6.42 Å². The maximum atomic E-state index is 11.8. The third-order valence-electron chi connectivity index (χ3n) is 4.59. The third kappa shape index (κ3) is 20.9. The van der Waals surface area contributed by atoms with Gasteiger partial charge in [-0.25, -0.2) is 4.57 Å². The molecule has 0 aliphatic heterocycles. The Hall–Kier alpha value is -0.760. The van der Waals surface area contributed by atoms with Crippen molar-refractivity contribution in [2.45, 2.75) is 103 Å². The van der Waals surface area contributed by atoms with Crippen molar-refractivity contribution in [2.24, 2.45) is 0 Å². The number of carbonyl (C=O) groups is 1. The largest absolute Gasteiger partial charge is 0.472 e. The fraction of sp³-hybridized carbons (Fsp3) is 0.864. The molecule has 0 aliphatic carbocycles. The predicted molar refractivity (Wildman–Crippen MR) is 121 cm³/mol. The number of hydrogen-bond acceptors (Lipinski definition) is 7. The van der Waals surface area contributed by atoms with Gasteiger partial charge in [0.1, 0.15) is 12.2 Å². The highest BCUT2D eigenvalue weighted by Crippen LogP contribution is 2.43. The van der Waals surface area contributed by atoms with Crippen LogP contribution in [0, 0.1) is 0 Å². The number of allylic oxidation sites excluding steroid dienone is 2. The van der Waals surface area contributed by atoms with E-state index in [1.54, 1.807) is 6.92 Å². The van der Waals surface area contributed by atoms with Crippen LogP contribution in [0.3, 0.4) is 0 Å². The van der Waals surface area contributed by atoms with E-state index in [4.69, 9.17) is 19.5 Å². The number of phosphoric acid groups is 1. The van der Waals surface area contributed by atoms with Crippen LogP contribution in [0.2, 0.25) is 0 Å². The first-order valence-corrected chi connectivity index (χ1v) is 13.1. The number of esters is 1. The van der Waals surface area contributed by atoms with Gasteiger partial charge in [0.15, 0.2) is 0 Å². The maximum Gasteiger partial charge on any atom is 0.472 e. The van der Waals surface area contributed by atoms with Gasteiger partial charge in [-0.3, -0.25) is 13.8 Å². The lowest BCUT2D eigenvalue weighted by molar-refractivity contribution is -0.150. The zero-order chi connectivity index (χ0) is 23.4. The molecule has 0 bridgehead atoms. The Bertz CT molecular complexity index is 512. The summed E-state index contributed by atoms with van der Waals surface area (Å²) in [5.41, 5.74) is 0. The number of ether oxygens (including phenoxy) is 1. The zero-order valence-corrected chi connectivity index (χ0v) is 20.1. The number of aliphatic hydroxyl groups is 2. The predicted octanol–water partition coefficient (Wildman–Crippen LogP) is 4.66. The van der Waals surface area contributed by atoms with E-state index in [1.165, 1.54) is 38.5 Å². The molecule has 0 rings (SSSR count). The van der Waals surface area contributed by atoms with E-state index >= 15 is 0 Å². The summed E-state index contributed by atoms with van der Waals surface area (Å²) >= 11 is 0. The molecular formula is C22H43O8P. The van der Waals surface area contributed by atoms with Crippen LogP contribution in [-0.2, 0) is 23.1 Å². The monoisotopic (exact) mass is 466 g/mol. The van der Waals surface area contributed by atoms with Gasteiger partial charge in [0.2, 0.25) is 0 Å². The first-order valence-electron chi connectivity index (χ1n) is 11.6. The average molecular weight is 467 g/mol. The topological polar surface area (TPSA) is 123 Å². The Morgan fingerprint density at radius 3 is 2.10 bits per heavy atom. The molecule has 184 valence electrons. The van der Waals surface area contributed by atoms with Crippen LogP contribution in [0.1, 0.15) is 90.9 Å². The van der Waals surface area contributed by atoms with Crippen LogP contribution in [0.15, 0.2) is 12.2 Å². The minimum Gasteiger partial charge on any atom is -0.460 e. The van der Waals surface area contributed by atoms with Crippen molar-refractivity contribution >= 4 is 13.8 Å². The summed E-state index contributed by atoms with van der Waals surface area (Å²) in [7, 11) is -4.38. The van der Waals surface area contributed by atoms with E-state index in [2.05, 4.69) is 23.6 Å². The molecule has 0 radical (unpaired) electrons. The smallest absolute Gasteiger partial charge is 0.460 e. The van der Waals surface area contributed by atoms with Crippen molar-refractivity contribution in [1.82, 2.24) is 0 Å². The van der Waals surface area contributed by atoms with Crippen molar-refractivity contribution in [3.8, 4) is 0 Å². The molecule has 0 aromatic rings. The fourth-order valence-corrected chi connectivity index (χ4v) is 3.61. The molecule has 3 N–H and O–H groups in total. The lowest BCUT2D eigenvalue weighted by atomic mass is 10.1. The molecule has 8 nitrogen and oxygen atoms in total. The quantitative estimate of drug-likeness (QED) is 0.0966. The van der Waals surface area contributed by atoms with Crippen LogP contribution in [0.5, 0.6) is 0 Å². The van der Waals surface area contributed by atoms with Crippen LogP contribution in [0.4, 0.5) is 0 Å². The van der Waals surface area contributed by atoms with E-state index in [0.717, 1.165) is 32.1 Å². The lowest BCUT2D eigenvalue weighted by Gasteiger charge is -2.17. The molecule has 0 saturated heterocycles. The maximum absolute atomic E-state index is 11.8. The Morgan fingerprint density at radius 2 is 1.48 bits per heavy atom. The molecule has 3 atom stereocenters. The van der Waals surface area contributed by atoms with Crippen LogP contribution in [0.25, 0.3) is 0 Å². The van der Waals surface area contributed by atoms with E-state index in [-0.39, 0.29) is 12.6 Å². The van der Waals surface area contributed by atoms with Gasteiger partial charge < -0.3 is 19.8 Å². The Labute approximate surface area is 187 Å². The highest BCUT2D eigenvalue weighted by molar-refractivity contribution is 7.47. The molecular weight excluding hydrogens is 423 g/mol. The van der Waals surface area contributed by atoms with Crippen molar-refractivity contribution in [2.75, 3.05) is 19.8 Å². The van der Waals surface area contributed by atoms with E-state index < -0.39 is 33.2 Å². The highest BCUT2D eigenvalue weighted by Gasteiger charge is 2.24. The van der Waals surface area contributed by atoms with Gasteiger partial charge in [-0.15, -0.1) is 0 Å². The fourth-order valence-electron chi connectivity index (χ4n) is 2.77. The molecule has 0 aromatic carbocycles. The van der Waals surface area contributed by atoms with Crippen LogP contribution in [-0.4, -0.2) is 53.1 Å². The van der Waals surface area contributed by atoms with Crippen LogP contribution >= 0.6 is 7.82 Å². The number of phosphoric ester groups is 1. The summed E-state index contributed by atoms with van der Waals surface area (Å²) in [5, 5.41) is 17.7. The number of aliphatic hydroxyl groups excluding tert-OH is 2. The summed E-state index contributed by atoms with van der Waals surface area (Å²) in [6.07, 6.45) is 15.5. The molecule has 0 spiro atoms. The second kappa shape index (κ2) is 19.9. The summed E-state index contributed by atoms with van der Waals surface area (Å²) in [6.45, 7) is 2.34. The number of hydrogen-bond donors (Lipinski definition) is 3. The standard InChI is InChI=1S/C22H43O8P/c1-3-4-5-6-7-8-9-10-11-12-13-14-15-16-22(25)30-20(2)18-28-31(26,27)29-19-21(24)17-23/h8-9,20-21,23-24H,3-7,10-19H2,1-2H3,(H,26,27)/b9-8+/t20-,21+/m1/s1.